The van der Waals surface area contributed by atoms with Gasteiger partial charge >= 0.3 is 0 Å². The van der Waals surface area contributed by atoms with Gasteiger partial charge in [0.15, 0.2) is 17.3 Å². The van der Waals surface area contributed by atoms with Crippen LogP contribution in [0.4, 0.5) is 0 Å². The van der Waals surface area contributed by atoms with Crippen molar-refractivity contribution in [1.82, 2.24) is 0 Å². The van der Waals surface area contributed by atoms with E-state index < -0.39 is 10.8 Å². The van der Waals surface area contributed by atoms with Crippen LogP contribution in [-0.2, 0) is 50.5 Å². The third-order valence-electron chi connectivity index (χ3n) is 19.0. The topological polar surface area (TPSA) is 107 Å². The van der Waals surface area contributed by atoms with Gasteiger partial charge in [0.05, 0.1) is 0 Å². The Morgan fingerprint density at radius 2 is 0.392 bits per heavy atom. The lowest BCUT2D eigenvalue weighted by Crippen LogP contribution is -2.28. The highest BCUT2D eigenvalue weighted by atomic mass is 16.5. The van der Waals surface area contributed by atoms with Gasteiger partial charge in [-0.1, -0.05) is 242 Å². The lowest BCUT2D eigenvalue weighted by molar-refractivity contribution is 0.103. The van der Waals surface area contributed by atoms with Gasteiger partial charge in [-0.2, -0.15) is 0 Å². The summed E-state index contributed by atoms with van der Waals surface area (Å²) in [5.74, 6) is 18.4. The number of carbonyl (C=O) groups excluding carboxylic acids is 3. The highest BCUT2D eigenvalue weighted by Crippen LogP contribution is 2.45. The molecule has 490 valence electrons. The molecule has 0 N–H and O–H groups in total. The van der Waals surface area contributed by atoms with E-state index in [9.17, 15) is 14.4 Å². The number of hydrogen-bond acceptors (Lipinski definition) is 9. The van der Waals surface area contributed by atoms with Crippen LogP contribution in [0, 0.1) is 23.7 Å². The van der Waals surface area contributed by atoms with Crippen LogP contribution in [0.5, 0.6) is 34.5 Å². The van der Waals surface area contributed by atoms with E-state index in [1.165, 1.54) is 0 Å². The molecule has 12 aliphatic heterocycles. The third kappa shape index (κ3) is 13.3. The quantitative estimate of drug-likeness (QED) is 0.137. The van der Waals surface area contributed by atoms with E-state index in [0.717, 1.165) is 77.9 Å². The van der Waals surface area contributed by atoms with Crippen molar-refractivity contribution in [2.24, 2.45) is 0 Å². The Labute approximate surface area is 592 Å². The molecule has 12 heterocycles. The van der Waals surface area contributed by atoms with Gasteiger partial charge in [0, 0.05) is 44.5 Å². The van der Waals surface area contributed by atoms with Crippen LogP contribution in [0.25, 0.3) is 0 Å². The molecular weight excluding hydrogens is 1260 g/mol. The van der Waals surface area contributed by atoms with Crippen molar-refractivity contribution >= 4 is 17.3 Å². The summed E-state index contributed by atoms with van der Waals surface area (Å²) in [6.07, 6.45) is 0. The van der Waals surface area contributed by atoms with Crippen molar-refractivity contribution in [2.75, 3.05) is 0 Å². The molecule has 0 spiro atoms. The zero-order valence-electron chi connectivity index (χ0n) is 55.4. The number of ketones is 3. The maximum absolute atomic E-state index is 14.1. The van der Waals surface area contributed by atoms with Crippen molar-refractivity contribution in [2.45, 2.75) is 50.5 Å². The van der Waals surface area contributed by atoms with Crippen LogP contribution in [0.3, 0.4) is 0 Å². The predicted molar refractivity (Wildman–Crippen MR) is 394 cm³/mol. The summed E-state index contributed by atoms with van der Waals surface area (Å²) in [6, 6.07) is 101. The molecule has 0 saturated heterocycles. The average molecular weight is 1330 g/mol. The van der Waals surface area contributed by atoms with Crippen molar-refractivity contribution in [3.05, 3.63) is 427 Å². The summed E-state index contributed by atoms with van der Waals surface area (Å²) in [5, 5.41) is 0. The minimum Gasteiger partial charge on any atom is -0.489 e. The molecule has 13 aromatic carbocycles. The van der Waals surface area contributed by atoms with Crippen LogP contribution >= 0.6 is 0 Å². The molecule has 0 aliphatic carbocycles. The molecule has 9 nitrogen and oxygen atoms in total. The number of ether oxygens (including phenoxy) is 6. The lowest BCUT2D eigenvalue weighted by atomic mass is 9.69. The van der Waals surface area contributed by atoms with Crippen molar-refractivity contribution in [3.8, 4) is 58.2 Å². The standard InChI is InChI=1S/C93H64O9/c94-89-71-35-23-65(24-36-71)57-97-83-13-1-7-77(51-83)92-49-47-63-19-21-64(22-20-63)48-50-93(80-10-4-16-86(54-80)100-60-68-29-41-72(89)42-30-68,81-11-5-17-87(55-81)101-61-69-31-43-75(44-32-69)90(95)73-37-25-66(26-38-73)58-98-84-14-2-8-78(92)52-84)82-12-6-18-88(56-82)102-62-70-33-45-76(46-34-70)91(96)74-39-27-67(28-40-74)59-99-85-15-3-9-79(92)53-85/h1-46,51-56H,57-62H2. The molecule has 25 rings (SSSR count). The molecule has 102 heavy (non-hydrogen) atoms. The molecule has 12 aliphatic rings. The Morgan fingerprint density at radius 1 is 0.216 bits per heavy atom. The Kier molecular flexibility index (Phi) is 17.4. The molecule has 28 bridgehead atoms. The molecule has 0 fully saturated rings. The fourth-order valence-electron chi connectivity index (χ4n) is 13.3. The van der Waals surface area contributed by atoms with Crippen LogP contribution in [0.15, 0.2) is 315 Å². The average Bonchev–Trinajstić information content (AvgIpc) is 0.750. The van der Waals surface area contributed by atoms with E-state index in [0.29, 0.717) is 67.9 Å². The normalized spacial score (nSPS) is 16.2. The summed E-state index contributed by atoms with van der Waals surface area (Å²) < 4.78 is 40.3. The monoisotopic (exact) mass is 1320 g/mol. The van der Waals surface area contributed by atoms with E-state index in [1.807, 2.05) is 279 Å². The maximum atomic E-state index is 14.1. The van der Waals surface area contributed by atoms with Gasteiger partial charge in [0.2, 0.25) is 0 Å². The van der Waals surface area contributed by atoms with Crippen molar-refractivity contribution in [3.63, 3.8) is 0 Å². The molecular formula is C93H64O9. The lowest BCUT2D eigenvalue weighted by Gasteiger charge is -2.32. The number of hydrogen-bond donors (Lipinski definition) is 0. The van der Waals surface area contributed by atoms with Gasteiger partial charge in [0.1, 0.15) is 85.0 Å². The molecule has 0 aromatic heterocycles. The highest BCUT2D eigenvalue weighted by Gasteiger charge is 2.38. The zero-order chi connectivity index (χ0) is 68.8. The summed E-state index contributed by atoms with van der Waals surface area (Å²) in [4.78, 5) is 42.4. The fourth-order valence-corrected chi connectivity index (χ4v) is 13.3. The first kappa shape index (κ1) is 63.5. The number of rotatable bonds is 0. The first-order valence-corrected chi connectivity index (χ1v) is 33.9. The van der Waals surface area contributed by atoms with E-state index in [2.05, 4.69) is 60.1 Å². The second-order valence-electron chi connectivity index (χ2n) is 25.6. The third-order valence-corrected chi connectivity index (χ3v) is 19.0. The molecule has 0 saturated carbocycles. The van der Waals surface area contributed by atoms with Gasteiger partial charge in [-0.05, 0) is 164 Å². The summed E-state index contributed by atoms with van der Waals surface area (Å²) in [7, 11) is 0. The highest BCUT2D eigenvalue weighted by molar-refractivity contribution is 6.10. The first-order valence-electron chi connectivity index (χ1n) is 33.9. The van der Waals surface area contributed by atoms with Gasteiger partial charge < -0.3 is 28.4 Å². The van der Waals surface area contributed by atoms with Crippen molar-refractivity contribution < 1.29 is 42.8 Å². The Balaban J connectivity index is 0.935. The summed E-state index contributed by atoms with van der Waals surface area (Å²) in [5.41, 5.74) is 12.2. The van der Waals surface area contributed by atoms with Crippen LogP contribution < -0.4 is 28.4 Å². The molecule has 0 unspecified atom stereocenters. The molecule has 9 heteroatoms. The smallest absolute Gasteiger partial charge is 0.193 e. The molecule has 13 aromatic rings. The largest absolute Gasteiger partial charge is 0.489 e. The molecule has 0 atom stereocenters. The second-order valence-corrected chi connectivity index (χ2v) is 25.6. The number of benzene rings is 13. The maximum Gasteiger partial charge on any atom is 0.193 e. The second kappa shape index (κ2) is 28.0. The Bertz CT molecular complexity index is 4630. The van der Waals surface area contributed by atoms with E-state index in [4.69, 9.17) is 28.4 Å². The fraction of sp³-hybridized carbons (Fsp3) is 0.0860. The SMILES string of the molecule is O=C1c2ccc(cc2)COc2cccc(c2)C23C#Cc4ccc(cc4)C#CC(c4cccc(c4)OCc4ccc1cc4)(c1cccc(c1)OCc1ccc(cc1)C(=O)c1ccc(cc1)COc1cccc2c1)c1cccc(c1)OCc1ccc(cc1)C(=O)c1ccc(cc1)COc1cccc3c1. The molecule has 0 radical (unpaired) electrons. The minimum atomic E-state index is -1.25. The Hall–Kier alpha value is -13.2. The van der Waals surface area contributed by atoms with Crippen LogP contribution in [0.2, 0.25) is 0 Å². The number of fused-ring (bicyclic) bond motifs is 6. The Morgan fingerprint density at radius 3 is 0.569 bits per heavy atom. The summed E-state index contributed by atoms with van der Waals surface area (Å²) in [6.45, 7) is 1.27. The van der Waals surface area contributed by atoms with Crippen molar-refractivity contribution in [1.29, 1.82) is 0 Å². The predicted octanol–water partition coefficient (Wildman–Crippen LogP) is 18.6. The van der Waals surface area contributed by atoms with E-state index >= 15 is 0 Å². The van der Waals surface area contributed by atoms with Gasteiger partial charge in [-0.25, -0.2) is 0 Å². The van der Waals surface area contributed by atoms with Crippen LogP contribution in [-0.4, -0.2) is 17.3 Å². The van der Waals surface area contributed by atoms with Gasteiger partial charge in [0.25, 0.3) is 0 Å². The van der Waals surface area contributed by atoms with Crippen LogP contribution in [0.1, 0.15) is 126 Å². The number of carbonyl (C=O) groups is 3. The minimum absolute atomic E-state index is 0.109. The summed E-state index contributed by atoms with van der Waals surface area (Å²) >= 11 is 0. The van der Waals surface area contributed by atoms with Gasteiger partial charge in [-0.15, -0.1) is 0 Å². The van der Waals surface area contributed by atoms with E-state index in [1.54, 1.807) is 0 Å². The first-order chi connectivity index (χ1) is 50.1. The zero-order valence-corrected chi connectivity index (χ0v) is 55.4. The van der Waals surface area contributed by atoms with Gasteiger partial charge in [-0.3, -0.25) is 14.4 Å². The molecule has 0 amide bonds. The van der Waals surface area contributed by atoms with E-state index in [-0.39, 0.29) is 57.0 Å².